The fourth-order valence-electron chi connectivity index (χ4n) is 3.40. The van der Waals surface area contributed by atoms with Gasteiger partial charge < -0.3 is 19.5 Å². The van der Waals surface area contributed by atoms with Gasteiger partial charge in [-0.1, -0.05) is 17.8 Å². The van der Waals surface area contributed by atoms with Gasteiger partial charge in [-0.2, -0.15) is 0 Å². The Bertz CT molecular complexity index is 1390. The Morgan fingerprint density at radius 3 is 2.65 bits per heavy atom. The summed E-state index contributed by atoms with van der Waals surface area (Å²) in [6.07, 6.45) is 0. The number of carbonyl (C=O) groups is 1. The van der Waals surface area contributed by atoms with Crippen LogP contribution in [0.5, 0.6) is 17.2 Å². The molecule has 0 aliphatic rings. The van der Waals surface area contributed by atoms with Crippen molar-refractivity contribution in [3.63, 3.8) is 0 Å². The standard InChI is InChI=1S/C24H23N3O5S2/c1-26(13-17-5-4-10-33-17)22(29)14-34-24-25-19-8-7-16(28)12-18(19)23(30)27(24)15-6-9-20(31-2)21(11-15)32-3/h4-12,28H,13-14H2,1-3H3. The molecule has 2 aromatic carbocycles. The molecule has 176 valence electrons. The number of nitrogens with zero attached hydrogens (tertiary/aromatic N) is 3. The van der Waals surface area contributed by atoms with Crippen molar-refractivity contribution in [2.45, 2.75) is 11.7 Å². The summed E-state index contributed by atoms with van der Waals surface area (Å²) in [6.45, 7) is 0.518. The molecular formula is C24H23N3O5S2. The second-order valence-corrected chi connectivity index (χ2v) is 9.37. The molecule has 2 aromatic heterocycles. The zero-order valence-electron chi connectivity index (χ0n) is 18.8. The number of hydrogen-bond acceptors (Lipinski definition) is 8. The van der Waals surface area contributed by atoms with Gasteiger partial charge in [-0.05, 0) is 41.8 Å². The van der Waals surface area contributed by atoms with Crippen LogP contribution in [0.25, 0.3) is 16.6 Å². The van der Waals surface area contributed by atoms with Crippen LogP contribution in [0.2, 0.25) is 0 Å². The maximum atomic E-state index is 13.5. The number of hydrogen-bond donors (Lipinski definition) is 1. The highest BCUT2D eigenvalue weighted by molar-refractivity contribution is 7.99. The van der Waals surface area contributed by atoms with Crippen LogP contribution in [-0.4, -0.2) is 52.5 Å². The van der Waals surface area contributed by atoms with E-state index < -0.39 is 0 Å². The van der Waals surface area contributed by atoms with E-state index in [1.54, 1.807) is 47.5 Å². The minimum Gasteiger partial charge on any atom is -0.508 e. The van der Waals surface area contributed by atoms with Crippen LogP contribution in [0.15, 0.2) is 63.9 Å². The van der Waals surface area contributed by atoms with Gasteiger partial charge >= 0.3 is 0 Å². The van der Waals surface area contributed by atoms with Gasteiger partial charge in [0.2, 0.25) is 5.91 Å². The molecule has 1 N–H and O–H groups in total. The zero-order valence-corrected chi connectivity index (χ0v) is 20.5. The molecule has 34 heavy (non-hydrogen) atoms. The summed E-state index contributed by atoms with van der Waals surface area (Å²) in [6, 6.07) is 13.5. The molecule has 0 saturated carbocycles. The number of aromatic nitrogens is 2. The molecule has 4 rings (SSSR count). The zero-order chi connectivity index (χ0) is 24.2. The number of carbonyl (C=O) groups excluding carboxylic acids is 1. The van der Waals surface area contributed by atoms with Crippen molar-refractivity contribution in [2.24, 2.45) is 0 Å². The Kier molecular flexibility index (Phi) is 7.09. The quantitative estimate of drug-likeness (QED) is 0.291. The minimum absolute atomic E-state index is 0.0314. The Labute approximate surface area is 204 Å². The third-order valence-electron chi connectivity index (χ3n) is 5.17. The third-order valence-corrected chi connectivity index (χ3v) is 6.95. The molecule has 0 aliphatic carbocycles. The average Bonchev–Trinajstić information content (AvgIpc) is 3.35. The first kappa shape index (κ1) is 23.7. The molecular weight excluding hydrogens is 474 g/mol. The Hall–Kier alpha value is -3.50. The molecule has 10 heteroatoms. The number of rotatable bonds is 8. The number of phenolic OH excluding ortho intramolecular Hbond substituents is 1. The number of ether oxygens (including phenoxy) is 2. The first-order chi connectivity index (χ1) is 16.4. The lowest BCUT2D eigenvalue weighted by Gasteiger charge is -2.18. The van der Waals surface area contributed by atoms with Gasteiger partial charge in [0.1, 0.15) is 5.75 Å². The van der Waals surface area contributed by atoms with Crippen LogP contribution in [0.3, 0.4) is 0 Å². The second kappa shape index (κ2) is 10.2. The summed E-state index contributed by atoms with van der Waals surface area (Å²) < 4.78 is 12.1. The molecule has 1 amide bonds. The van der Waals surface area contributed by atoms with Crippen LogP contribution < -0.4 is 15.0 Å². The lowest BCUT2D eigenvalue weighted by molar-refractivity contribution is -0.127. The normalized spacial score (nSPS) is 10.9. The van der Waals surface area contributed by atoms with Crippen LogP contribution in [-0.2, 0) is 11.3 Å². The van der Waals surface area contributed by atoms with Gasteiger partial charge in [-0.3, -0.25) is 14.2 Å². The summed E-state index contributed by atoms with van der Waals surface area (Å²) in [4.78, 5) is 33.6. The number of fused-ring (bicyclic) bond motifs is 1. The van der Waals surface area contributed by atoms with E-state index in [0.717, 1.165) is 4.88 Å². The van der Waals surface area contributed by atoms with Crippen LogP contribution in [0.4, 0.5) is 0 Å². The third kappa shape index (κ3) is 4.87. The number of methoxy groups -OCH3 is 2. The first-order valence-corrected chi connectivity index (χ1v) is 12.1. The number of thiophene rings is 1. The Balaban J connectivity index is 1.72. The van der Waals surface area contributed by atoms with E-state index in [1.165, 1.54) is 42.7 Å². The van der Waals surface area contributed by atoms with Gasteiger partial charge in [0.15, 0.2) is 16.7 Å². The topological polar surface area (TPSA) is 93.9 Å². The molecule has 0 radical (unpaired) electrons. The number of thioether (sulfide) groups is 1. The number of phenols is 1. The fourth-order valence-corrected chi connectivity index (χ4v) is 5.11. The van der Waals surface area contributed by atoms with Crippen LogP contribution in [0.1, 0.15) is 4.88 Å². The van der Waals surface area contributed by atoms with E-state index in [2.05, 4.69) is 4.98 Å². The highest BCUT2D eigenvalue weighted by atomic mass is 32.2. The molecule has 2 heterocycles. The van der Waals surface area contributed by atoms with E-state index in [0.29, 0.717) is 34.4 Å². The van der Waals surface area contributed by atoms with Crippen molar-refractivity contribution >= 4 is 39.9 Å². The highest BCUT2D eigenvalue weighted by Crippen LogP contribution is 2.31. The summed E-state index contributed by atoms with van der Waals surface area (Å²) in [5.41, 5.74) is 0.568. The smallest absolute Gasteiger partial charge is 0.266 e. The van der Waals surface area contributed by atoms with Crippen molar-refractivity contribution in [1.29, 1.82) is 0 Å². The van der Waals surface area contributed by atoms with Crippen molar-refractivity contribution in [3.8, 4) is 22.9 Å². The van der Waals surface area contributed by atoms with E-state index in [1.807, 2.05) is 17.5 Å². The number of amides is 1. The Morgan fingerprint density at radius 2 is 1.94 bits per heavy atom. The van der Waals surface area contributed by atoms with Gasteiger partial charge in [-0.25, -0.2) is 4.98 Å². The van der Waals surface area contributed by atoms with E-state index in [4.69, 9.17) is 9.47 Å². The second-order valence-electron chi connectivity index (χ2n) is 7.39. The Morgan fingerprint density at radius 1 is 1.15 bits per heavy atom. The summed E-state index contributed by atoms with van der Waals surface area (Å²) in [5, 5.41) is 12.5. The summed E-state index contributed by atoms with van der Waals surface area (Å²) >= 11 is 2.77. The van der Waals surface area contributed by atoms with Crippen LogP contribution >= 0.6 is 23.1 Å². The van der Waals surface area contributed by atoms with Crippen molar-refractivity contribution < 1.29 is 19.4 Å². The monoisotopic (exact) mass is 497 g/mol. The van der Waals surface area contributed by atoms with Gasteiger partial charge in [0.05, 0.1) is 43.1 Å². The highest BCUT2D eigenvalue weighted by Gasteiger charge is 2.18. The van der Waals surface area contributed by atoms with E-state index in [-0.39, 0.29) is 28.4 Å². The predicted octanol–water partition coefficient (Wildman–Crippen LogP) is 3.92. The summed E-state index contributed by atoms with van der Waals surface area (Å²) in [7, 11) is 4.79. The molecule has 8 nitrogen and oxygen atoms in total. The van der Waals surface area contributed by atoms with E-state index >= 15 is 0 Å². The predicted molar refractivity (Wildman–Crippen MR) is 134 cm³/mol. The number of aromatic hydroxyl groups is 1. The van der Waals surface area contributed by atoms with E-state index in [9.17, 15) is 14.7 Å². The number of benzene rings is 2. The van der Waals surface area contributed by atoms with Gasteiger partial charge in [0, 0.05) is 18.0 Å². The maximum Gasteiger partial charge on any atom is 0.266 e. The molecule has 0 spiro atoms. The lowest BCUT2D eigenvalue weighted by Crippen LogP contribution is -2.28. The molecule has 0 unspecified atom stereocenters. The van der Waals surface area contributed by atoms with Gasteiger partial charge in [-0.15, -0.1) is 11.3 Å². The van der Waals surface area contributed by atoms with Gasteiger partial charge in [0.25, 0.3) is 5.56 Å². The molecule has 0 aliphatic heterocycles. The van der Waals surface area contributed by atoms with Crippen molar-refractivity contribution in [2.75, 3.05) is 27.0 Å². The molecule has 0 fully saturated rings. The summed E-state index contributed by atoms with van der Waals surface area (Å²) in [5.74, 6) is 0.954. The largest absolute Gasteiger partial charge is 0.508 e. The van der Waals surface area contributed by atoms with Crippen molar-refractivity contribution in [1.82, 2.24) is 14.5 Å². The maximum absolute atomic E-state index is 13.5. The van der Waals surface area contributed by atoms with Crippen LogP contribution in [0, 0.1) is 0 Å². The molecule has 0 bridgehead atoms. The minimum atomic E-state index is -0.366. The average molecular weight is 498 g/mol. The molecule has 0 atom stereocenters. The van der Waals surface area contributed by atoms with Crippen molar-refractivity contribution in [3.05, 3.63) is 69.1 Å². The first-order valence-electron chi connectivity index (χ1n) is 10.3. The molecule has 4 aromatic rings. The fraction of sp³-hybridized carbons (Fsp3) is 0.208. The lowest BCUT2D eigenvalue weighted by atomic mass is 10.2. The SMILES string of the molecule is COc1ccc(-n2c(SCC(=O)N(C)Cc3cccs3)nc3ccc(O)cc3c2=O)cc1OC. The molecule has 0 saturated heterocycles.